The molecule has 2 aromatic rings. The van der Waals surface area contributed by atoms with Crippen LogP contribution >= 0.6 is 23.2 Å². The van der Waals surface area contributed by atoms with Gasteiger partial charge in [0, 0.05) is 6.54 Å². The average Bonchev–Trinajstić information content (AvgIpc) is 2.76. The highest BCUT2D eigenvalue weighted by Crippen LogP contribution is 2.40. The van der Waals surface area contributed by atoms with E-state index in [0.29, 0.717) is 13.0 Å². The van der Waals surface area contributed by atoms with Crippen molar-refractivity contribution in [1.29, 1.82) is 0 Å². The molecule has 0 saturated carbocycles. The summed E-state index contributed by atoms with van der Waals surface area (Å²) >= 11 is 11.7. The van der Waals surface area contributed by atoms with E-state index in [-0.39, 0.29) is 41.1 Å². The molecule has 8 nitrogen and oxygen atoms in total. The van der Waals surface area contributed by atoms with Crippen molar-refractivity contribution in [2.24, 2.45) is 0 Å². The van der Waals surface area contributed by atoms with Gasteiger partial charge in [0.25, 0.3) is 0 Å². The van der Waals surface area contributed by atoms with Crippen LogP contribution in [0.2, 0.25) is 10.4 Å². The molecule has 2 aliphatic rings. The van der Waals surface area contributed by atoms with Gasteiger partial charge in [-0.05, 0) is 18.0 Å². The van der Waals surface area contributed by atoms with Gasteiger partial charge in [0.2, 0.25) is 11.2 Å². The lowest BCUT2D eigenvalue weighted by molar-refractivity contribution is -0.346. The van der Waals surface area contributed by atoms with Crippen LogP contribution in [0.1, 0.15) is 6.42 Å². The fraction of sp³-hybridized carbons (Fsp3) is 0.462. The first-order valence-electron chi connectivity index (χ1n) is 7.09. The molecule has 0 bridgehead atoms. The molecular weight excluding hydrogens is 366 g/mol. The van der Waals surface area contributed by atoms with E-state index >= 15 is 0 Å². The summed E-state index contributed by atoms with van der Waals surface area (Å²) in [5.74, 6) is -3.16. The summed E-state index contributed by atoms with van der Waals surface area (Å²) < 4.78 is 25.0. The Kier molecular flexibility index (Phi) is 3.66. The van der Waals surface area contributed by atoms with Crippen molar-refractivity contribution in [3.8, 4) is 5.88 Å². The molecular formula is C13H11Cl2FN4O4. The van der Waals surface area contributed by atoms with Gasteiger partial charge in [-0.25, -0.2) is 9.37 Å². The van der Waals surface area contributed by atoms with Gasteiger partial charge in [-0.3, -0.25) is 0 Å². The van der Waals surface area contributed by atoms with Crippen molar-refractivity contribution in [3.05, 3.63) is 16.3 Å². The van der Waals surface area contributed by atoms with E-state index in [1.807, 2.05) is 0 Å². The van der Waals surface area contributed by atoms with Crippen molar-refractivity contribution in [2.45, 2.75) is 18.4 Å². The van der Waals surface area contributed by atoms with Crippen molar-refractivity contribution in [1.82, 2.24) is 15.0 Å². The van der Waals surface area contributed by atoms with Gasteiger partial charge < -0.3 is 24.6 Å². The van der Waals surface area contributed by atoms with Crippen molar-refractivity contribution in [2.75, 3.05) is 24.7 Å². The molecule has 4 heterocycles. The Morgan fingerprint density at radius 1 is 1.25 bits per heavy atom. The molecule has 2 aliphatic heterocycles. The number of fused-ring (bicyclic) bond motifs is 2. The summed E-state index contributed by atoms with van der Waals surface area (Å²) in [7, 11) is 0. The monoisotopic (exact) mass is 376 g/mol. The second kappa shape index (κ2) is 5.50. The van der Waals surface area contributed by atoms with E-state index in [9.17, 15) is 14.6 Å². The van der Waals surface area contributed by atoms with Crippen LogP contribution in [0.25, 0.3) is 10.9 Å². The summed E-state index contributed by atoms with van der Waals surface area (Å²) in [6, 6.07) is -1.02. The first kappa shape index (κ1) is 16.0. The summed E-state index contributed by atoms with van der Waals surface area (Å²) in [4.78, 5) is 13.4. The molecule has 11 heteroatoms. The van der Waals surface area contributed by atoms with Crippen LogP contribution in [-0.2, 0) is 4.74 Å². The van der Waals surface area contributed by atoms with Gasteiger partial charge in [-0.15, -0.1) is 0 Å². The molecule has 1 saturated heterocycles. The minimum absolute atomic E-state index is 0.00746. The highest BCUT2D eigenvalue weighted by atomic mass is 35.5. The highest BCUT2D eigenvalue weighted by molar-refractivity contribution is 6.31. The first-order valence-corrected chi connectivity index (χ1v) is 7.84. The smallest absolute Gasteiger partial charge is 0.303 e. The van der Waals surface area contributed by atoms with Crippen LogP contribution < -0.4 is 9.64 Å². The van der Waals surface area contributed by atoms with Crippen molar-refractivity contribution >= 4 is 39.9 Å². The zero-order chi connectivity index (χ0) is 17.1. The third kappa shape index (κ3) is 2.35. The molecule has 1 unspecified atom stereocenters. The molecule has 1 atom stereocenters. The van der Waals surface area contributed by atoms with Crippen molar-refractivity contribution in [3.63, 3.8) is 0 Å². The van der Waals surface area contributed by atoms with Gasteiger partial charge in [-0.1, -0.05) is 11.6 Å². The van der Waals surface area contributed by atoms with Crippen LogP contribution in [0.5, 0.6) is 5.88 Å². The molecule has 0 aromatic carbocycles. The minimum atomic E-state index is -2.48. The van der Waals surface area contributed by atoms with E-state index in [1.165, 1.54) is 0 Å². The third-order valence-electron chi connectivity index (χ3n) is 3.98. The summed E-state index contributed by atoms with van der Waals surface area (Å²) in [5, 5.41) is 19.9. The average molecular weight is 377 g/mol. The number of halogens is 3. The minimum Gasteiger partial charge on any atom is -0.475 e. The summed E-state index contributed by atoms with van der Waals surface area (Å²) in [5.41, 5.74) is -0.146. The number of aliphatic hydroxyl groups is 2. The normalized spacial score (nSPS) is 22.5. The lowest BCUT2D eigenvalue weighted by Gasteiger charge is -2.35. The Hall–Kier alpha value is -1.52. The molecule has 0 spiro atoms. The zero-order valence-corrected chi connectivity index (χ0v) is 13.6. The number of anilines is 1. The van der Waals surface area contributed by atoms with Crippen LogP contribution in [0.15, 0.2) is 0 Å². The molecule has 24 heavy (non-hydrogen) atoms. The van der Waals surface area contributed by atoms with E-state index < -0.39 is 23.0 Å². The Bertz CT molecular complexity index is 837. The maximum atomic E-state index is 14.3. The van der Waals surface area contributed by atoms with Crippen LogP contribution in [0.4, 0.5) is 10.2 Å². The molecule has 0 amide bonds. The van der Waals surface area contributed by atoms with Crippen LogP contribution in [0.3, 0.4) is 0 Å². The number of aromatic nitrogens is 3. The lowest BCUT2D eigenvalue weighted by atomic mass is 10.2. The van der Waals surface area contributed by atoms with E-state index in [2.05, 4.69) is 15.0 Å². The molecule has 2 N–H and O–H groups in total. The second-order valence-corrected chi connectivity index (χ2v) is 6.14. The maximum absolute atomic E-state index is 14.3. The molecule has 0 radical (unpaired) electrons. The molecule has 0 aliphatic carbocycles. The number of pyridine rings is 1. The predicted octanol–water partition coefficient (Wildman–Crippen LogP) is 1.10. The van der Waals surface area contributed by atoms with E-state index in [1.54, 1.807) is 4.90 Å². The Morgan fingerprint density at radius 3 is 2.83 bits per heavy atom. The van der Waals surface area contributed by atoms with E-state index in [4.69, 9.17) is 32.7 Å². The summed E-state index contributed by atoms with van der Waals surface area (Å²) in [6.45, 7) is 0.302. The fourth-order valence-electron chi connectivity index (χ4n) is 2.90. The first-order chi connectivity index (χ1) is 11.4. The third-order valence-corrected chi connectivity index (χ3v) is 4.40. The number of nitrogens with zero attached hydrogens (tertiary/aromatic N) is 4. The largest absolute Gasteiger partial charge is 0.475 e. The van der Waals surface area contributed by atoms with Crippen LogP contribution in [-0.4, -0.2) is 56.9 Å². The standard InChI is InChI=1S/C13H11Cl2FN4O4/c14-9-7(16)8-6-10(19-12(15)17-8)20-2-1-3-24-13(21,22)5(20)4-23-11(6)18-9/h5,21-22H,1-4H2. The van der Waals surface area contributed by atoms with Gasteiger partial charge >= 0.3 is 5.97 Å². The molecule has 128 valence electrons. The topological polar surface area (TPSA) is 101 Å². The Labute approximate surface area is 144 Å². The zero-order valence-electron chi connectivity index (χ0n) is 12.0. The fourth-order valence-corrected chi connectivity index (χ4v) is 3.24. The number of ether oxygens (including phenoxy) is 2. The molecule has 2 aromatic heterocycles. The highest BCUT2D eigenvalue weighted by Gasteiger charge is 2.46. The van der Waals surface area contributed by atoms with E-state index in [0.717, 1.165) is 0 Å². The van der Waals surface area contributed by atoms with Gasteiger partial charge in [0.15, 0.2) is 11.0 Å². The van der Waals surface area contributed by atoms with Gasteiger partial charge in [0.05, 0.1) is 6.61 Å². The van der Waals surface area contributed by atoms with Gasteiger partial charge in [-0.2, -0.15) is 9.97 Å². The Morgan fingerprint density at radius 2 is 2.04 bits per heavy atom. The predicted molar refractivity (Wildman–Crippen MR) is 81.7 cm³/mol. The molecule has 1 fully saturated rings. The number of hydrogen-bond acceptors (Lipinski definition) is 8. The number of hydrogen-bond donors (Lipinski definition) is 2. The quantitative estimate of drug-likeness (QED) is 0.400. The second-order valence-electron chi connectivity index (χ2n) is 5.44. The lowest BCUT2D eigenvalue weighted by Crippen LogP contribution is -2.56. The van der Waals surface area contributed by atoms with Crippen molar-refractivity contribution < 1.29 is 24.1 Å². The molecule has 4 rings (SSSR count). The van der Waals surface area contributed by atoms with Crippen LogP contribution in [0, 0.1) is 5.82 Å². The van der Waals surface area contributed by atoms with Gasteiger partial charge in [0.1, 0.15) is 29.4 Å². The summed E-state index contributed by atoms with van der Waals surface area (Å²) in [6.07, 6.45) is 0.487. The maximum Gasteiger partial charge on any atom is 0.303 e. The number of rotatable bonds is 0. The SMILES string of the molecule is OC1(O)OCCCN2c3nc(Cl)nc4c(F)c(Cl)nc(c34)OCC21. The Balaban J connectivity index is 2.02.